The molecule has 0 spiro atoms. The number of nitrogens with zero attached hydrogens (tertiary/aromatic N) is 8. The summed E-state index contributed by atoms with van der Waals surface area (Å²) in [6, 6.07) is 41.5. The molecule has 0 saturated heterocycles. The van der Waals surface area contributed by atoms with E-state index in [1.807, 2.05) is 91.5 Å². The first-order valence-electron chi connectivity index (χ1n) is 46.9. The molecular weight excluding hydrogens is 1960 g/mol. The number of aromatic hydroxyl groups is 1. The summed E-state index contributed by atoms with van der Waals surface area (Å²) >= 11 is 12.1. The van der Waals surface area contributed by atoms with Crippen molar-refractivity contribution in [2.24, 2.45) is 17.6 Å². The van der Waals surface area contributed by atoms with E-state index in [2.05, 4.69) is 101 Å². The normalized spacial score (nSPS) is 12.5. The van der Waals surface area contributed by atoms with Gasteiger partial charge in [0.1, 0.15) is 28.8 Å². The Morgan fingerprint density at radius 2 is 0.685 bits per heavy atom. The van der Waals surface area contributed by atoms with Gasteiger partial charge in [0.2, 0.25) is 23.3 Å². The summed E-state index contributed by atoms with van der Waals surface area (Å²) in [4.78, 5) is 63.8. The number of fused-ring (bicyclic) bond motifs is 4. The number of anilines is 2. The number of hydrogen-bond acceptors (Lipinski definition) is 26. The van der Waals surface area contributed by atoms with Crippen LogP contribution in [-0.2, 0) is 48.6 Å². The molecule has 12 aromatic heterocycles. The monoisotopic (exact) mass is 2070 g/mol. The second kappa shape index (κ2) is 53.9. The second-order valence-electron chi connectivity index (χ2n) is 35.2. The van der Waals surface area contributed by atoms with Gasteiger partial charge in [-0.3, -0.25) is 49.5 Å². The first-order valence-corrected chi connectivity index (χ1v) is 50.5. The molecule has 0 bridgehead atoms. The Labute approximate surface area is 888 Å². The largest absolute Gasteiger partial charge is 1.00 e. The van der Waals surface area contributed by atoms with Crippen LogP contribution in [0.15, 0.2) is 195 Å². The van der Waals surface area contributed by atoms with Crippen LogP contribution in [0, 0.1) is 58.4 Å². The van der Waals surface area contributed by atoms with Gasteiger partial charge in [-0.25, -0.2) is 17.6 Å². The van der Waals surface area contributed by atoms with Crippen molar-refractivity contribution in [3.63, 3.8) is 0 Å². The Morgan fingerprint density at radius 3 is 0.972 bits per heavy atom. The number of phenolic OH excluding ortho intramolecular Hbond substituents is 1. The van der Waals surface area contributed by atoms with E-state index in [-0.39, 0.29) is 116 Å². The number of carbonyl (C=O) groups is 2. The molecule has 0 aliphatic heterocycles. The summed E-state index contributed by atoms with van der Waals surface area (Å²) in [5, 5.41) is 32.8. The number of halogens is 9. The van der Waals surface area contributed by atoms with E-state index in [0.717, 1.165) is 195 Å². The number of phenols is 1. The fourth-order valence-corrected chi connectivity index (χ4v) is 18.2. The number of benzene rings is 4. The zero-order chi connectivity index (χ0) is 101. The van der Waals surface area contributed by atoms with Crippen molar-refractivity contribution in [3.05, 3.63) is 280 Å². The van der Waals surface area contributed by atoms with Crippen molar-refractivity contribution in [1.29, 1.82) is 0 Å². The standard InChI is InChI=1S/2C28H27F2N3O2S.C22H20F2N4OS.C16H16ClN3S.C6H5F2NO.C4H9O.C3H7N.K/c2*1-2-10-31-15-18-5-7-21(33-16-18)25-14-22-28(36-25)24(9-11-32-22)35-23-8-6-19(26(29)27(23)30)13-20(34)12-17-3-4-17;1-2-8-26-11-13-3-5-15(28-12-13)19-10-16-22(30-19)18(7-9-27-16)29-17-6-4-14(25)20(23)21(17)24;1-2-6-18-9-11-3-4-13(20-10-11)15-8-14-16(21-15)12(17)5-7-19-14;7-5-3(9)1-2-4(10)6(5)8;1-4(2,3)5;4-3-1-2-3;/h2*5-9,11,14,16-17,31H,2-4,10,12-13,15H2,1H3;3-7,9-10,12,26H,2,8,11,25H2,1H3;3-5,7-8,10,18H,2,6,9H2,1H3;1-2,10H,9H2;1-3H3;3H,1-2,4H2;/q;;;;;-1;;+1. The van der Waals surface area contributed by atoms with Gasteiger partial charge in [-0.2, -0.15) is 17.6 Å². The van der Waals surface area contributed by atoms with E-state index < -0.39 is 57.9 Å². The van der Waals surface area contributed by atoms with Gasteiger partial charge in [0.05, 0.1) is 99.5 Å². The van der Waals surface area contributed by atoms with Gasteiger partial charge in [-0.15, -0.1) is 50.9 Å². The third-order valence-electron chi connectivity index (χ3n) is 21.7. The first kappa shape index (κ1) is 111. The average Bonchev–Trinajstić information content (AvgIpc) is 1.61. The molecule has 3 aliphatic carbocycles. The van der Waals surface area contributed by atoms with E-state index in [0.29, 0.717) is 73.9 Å². The summed E-state index contributed by atoms with van der Waals surface area (Å²) in [7, 11) is 0. The number of pyridine rings is 8. The minimum Gasteiger partial charge on any atom is -0.850 e. The molecular formula is C107H111ClF8KN15O7S4. The molecule has 3 saturated carbocycles. The van der Waals surface area contributed by atoms with Crippen LogP contribution in [0.4, 0.5) is 46.5 Å². The van der Waals surface area contributed by atoms with Crippen LogP contribution < -0.4 is 109 Å². The molecule has 3 aliphatic rings. The fraction of sp³-hybridized carbons (Fsp3) is 0.308. The van der Waals surface area contributed by atoms with Crippen molar-refractivity contribution < 1.29 is 121 Å². The molecule has 3 fully saturated rings. The topological polar surface area (TPSA) is 334 Å². The second-order valence-corrected chi connectivity index (χ2v) is 39.8. The van der Waals surface area contributed by atoms with E-state index >= 15 is 0 Å². The van der Waals surface area contributed by atoms with Crippen LogP contribution in [0.1, 0.15) is 159 Å². The maximum absolute atomic E-state index is 14.9. The number of Topliss-reactive ketones (excluding diaryl/α,β-unsaturated/α-hetero) is 2. The van der Waals surface area contributed by atoms with Crippen LogP contribution in [-0.4, -0.2) is 94.4 Å². The van der Waals surface area contributed by atoms with Gasteiger partial charge in [0.25, 0.3) is 0 Å². The zero-order valence-electron chi connectivity index (χ0n) is 80.5. The quantitative estimate of drug-likeness (QED) is 0.00610. The molecule has 36 heteroatoms. The van der Waals surface area contributed by atoms with Gasteiger partial charge < -0.3 is 62.9 Å². The van der Waals surface area contributed by atoms with E-state index in [1.165, 1.54) is 88.8 Å². The number of hydrogen-bond donors (Lipinski definition) is 8. The molecule has 143 heavy (non-hydrogen) atoms. The predicted octanol–water partition coefficient (Wildman–Crippen LogP) is 22.2. The summed E-state index contributed by atoms with van der Waals surface area (Å²) in [5.41, 5.74) is 25.3. The fourth-order valence-electron chi connectivity index (χ4n) is 13.8. The molecule has 0 atom stereocenters. The van der Waals surface area contributed by atoms with Crippen molar-refractivity contribution >= 4 is 121 Å². The molecule has 0 unspecified atom stereocenters. The van der Waals surface area contributed by atoms with Crippen LogP contribution in [0.5, 0.6) is 40.2 Å². The number of ether oxygens (including phenoxy) is 3. The van der Waals surface area contributed by atoms with Gasteiger partial charge >= 0.3 is 51.4 Å². The molecule has 16 aromatic rings. The van der Waals surface area contributed by atoms with Gasteiger partial charge in [-0.05, 0) is 227 Å². The molecule has 0 radical (unpaired) electrons. The van der Waals surface area contributed by atoms with E-state index in [1.54, 1.807) is 75.1 Å². The number of rotatable bonds is 34. The van der Waals surface area contributed by atoms with Gasteiger partial charge in [0.15, 0.2) is 46.3 Å². The SMILES string of the molecule is CC(C)(C)[O-].CCCNCc1ccc(-c2cc3nccc(Cl)c3s2)nc1.CCCNCc1ccc(-c2cc3nccc(Oc4ccc(CC(=O)CC5CC5)c(F)c4F)c3s2)nc1.CCCNCc1ccc(-c2cc3nccc(Oc4ccc(CC(=O)CC5CC5)c(F)c4F)c3s2)nc1.CCCNCc1ccc(-c2cc3nccc(Oc4ccc(N)c(F)c4F)c3s2)nc1.NC1CC1.Nc1ccc(O)c(F)c1F.[K+]. The number of ketones is 2. The van der Waals surface area contributed by atoms with E-state index in [9.17, 15) is 49.8 Å². The van der Waals surface area contributed by atoms with Crippen molar-refractivity contribution in [1.82, 2.24) is 61.1 Å². The Kier molecular flexibility index (Phi) is 41.8. The molecule has 4 aromatic carbocycles. The number of carbonyl (C=O) groups excluding carboxylic acids is 2. The van der Waals surface area contributed by atoms with Gasteiger partial charge in [0, 0.05) is 126 Å². The first-order chi connectivity index (χ1) is 68.4. The van der Waals surface area contributed by atoms with E-state index in [4.69, 9.17) is 48.1 Å². The Hall–Kier alpha value is -10.8. The minimum atomic E-state index is -1.31. The number of nitrogens with one attached hydrogen (secondary N) is 4. The average molecular weight is 2070 g/mol. The predicted molar refractivity (Wildman–Crippen MR) is 550 cm³/mol. The van der Waals surface area contributed by atoms with Crippen LogP contribution in [0.25, 0.3) is 83.2 Å². The number of nitrogens with two attached hydrogens (primary N) is 3. The molecule has 22 nitrogen and oxygen atoms in total. The molecule has 12 heterocycles. The van der Waals surface area contributed by atoms with Crippen molar-refractivity contribution in [3.8, 4) is 82.5 Å². The third-order valence-corrected chi connectivity index (χ3v) is 26.8. The van der Waals surface area contributed by atoms with Crippen molar-refractivity contribution in [2.45, 2.75) is 176 Å². The Bertz CT molecular complexity index is 6690. The molecule has 0 amide bonds. The van der Waals surface area contributed by atoms with Crippen LogP contribution >= 0.6 is 56.9 Å². The molecule has 11 N–H and O–H groups in total. The molecule has 19 rings (SSSR count). The third kappa shape index (κ3) is 32.8. The molecule has 744 valence electrons. The maximum Gasteiger partial charge on any atom is 1.00 e. The van der Waals surface area contributed by atoms with Crippen molar-refractivity contribution in [2.75, 3.05) is 37.6 Å². The Balaban J connectivity index is 0.000000161. The number of thiophene rings is 4. The summed E-state index contributed by atoms with van der Waals surface area (Å²) in [6.07, 6.45) is 25.6. The Morgan fingerprint density at radius 1 is 0.399 bits per heavy atom. The van der Waals surface area contributed by atoms with Crippen LogP contribution in [0.2, 0.25) is 5.02 Å². The van der Waals surface area contributed by atoms with Gasteiger partial charge in [-0.1, -0.05) is 96.5 Å². The summed E-state index contributed by atoms with van der Waals surface area (Å²) in [6.45, 7) is 20.5. The number of nitrogen functional groups attached to an aromatic ring is 2. The zero-order valence-corrected chi connectivity index (χ0v) is 87.6. The minimum absolute atomic E-state index is 0. The number of aromatic nitrogens is 8. The van der Waals surface area contributed by atoms with Crippen LogP contribution in [0.3, 0.4) is 0 Å². The smallest absolute Gasteiger partial charge is 0.850 e. The summed E-state index contributed by atoms with van der Waals surface area (Å²) in [5.74, 6) is -8.59. The summed E-state index contributed by atoms with van der Waals surface area (Å²) < 4.78 is 132. The maximum atomic E-state index is 14.9.